The zero-order valence-electron chi connectivity index (χ0n) is 15.4. The number of nitrogens with one attached hydrogen (secondary N) is 2. The van der Waals surface area contributed by atoms with Crippen molar-refractivity contribution in [2.75, 3.05) is 13.1 Å². The molecule has 2 N–H and O–H groups in total. The first-order valence-electron chi connectivity index (χ1n) is 9.49. The van der Waals surface area contributed by atoms with Crippen LogP contribution < -0.4 is 10.6 Å². The van der Waals surface area contributed by atoms with E-state index in [1.165, 1.54) is 31.2 Å². The number of amides is 1. The summed E-state index contributed by atoms with van der Waals surface area (Å²) in [5.41, 5.74) is 1.48. The van der Waals surface area contributed by atoms with E-state index in [2.05, 4.69) is 33.9 Å². The van der Waals surface area contributed by atoms with Crippen molar-refractivity contribution in [2.45, 2.75) is 70.1 Å². The molecule has 0 saturated carbocycles. The Hall–Kier alpha value is -0.330. The zero-order chi connectivity index (χ0) is 16.5. The number of carbonyl (C=O) groups is 1. The van der Waals surface area contributed by atoms with Crippen LogP contribution in [-0.4, -0.2) is 42.0 Å². The second kappa shape index (κ2) is 9.74. The Bertz CT molecular complexity index is 585. The second-order valence-corrected chi connectivity index (χ2v) is 8.92. The standard InChI is InChI=1S/C19H29N3OS.2ClH/c1-13(22-6-4-18-15(12-22)5-7-24-18)11-20-19(23)10-14-8-16-2-3-17(9-14)21-16;;/h5,7,13-14,16-17,21H,2-4,6,8-12H2,1H3,(H,20,23);2*1H. The maximum Gasteiger partial charge on any atom is 0.220 e. The lowest BCUT2D eigenvalue weighted by atomic mass is 9.89. The molecule has 7 heteroatoms. The van der Waals surface area contributed by atoms with Crippen LogP contribution in [0.25, 0.3) is 0 Å². The second-order valence-electron chi connectivity index (χ2n) is 7.92. The maximum absolute atomic E-state index is 12.3. The molecule has 2 bridgehead atoms. The Kier molecular flexibility index (Phi) is 8.23. The summed E-state index contributed by atoms with van der Waals surface area (Å²) >= 11 is 1.88. The number of thiophene rings is 1. The molecule has 2 saturated heterocycles. The van der Waals surface area contributed by atoms with Gasteiger partial charge in [-0.25, -0.2) is 0 Å². The van der Waals surface area contributed by atoms with Crippen LogP contribution in [0, 0.1) is 5.92 Å². The van der Waals surface area contributed by atoms with Crippen LogP contribution in [0.15, 0.2) is 11.4 Å². The number of nitrogens with zero attached hydrogens (tertiary/aromatic N) is 1. The predicted octanol–water partition coefficient (Wildman–Crippen LogP) is 3.38. The number of hydrogen-bond donors (Lipinski definition) is 2. The van der Waals surface area contributed by atoms with Gasteiger partial charge in [-0.2, -0.15) is 0 Å². The number of piperidine rings is 1. The third kappa shape index (κ3) is 5.14. The Labute approximate surface area is 173 Å². The molecule has 4 nitrogen and oxygen atoms in total. The summed E-state index contributed by atoms with van der Waals surface area (Å²) in [6, 6.07) is 4.01. The molecule has 4 rings (SSSR count). The summed E-state index contributed by atoms with van der Waals surface area (Å²) in [4.78, 5) is 16.4. The van der Waals surface area contributed by atoms with Gasteiger partial charge in [0.25, 0.3) is 0 Å². The third-order valence-corrected chi connectivity index (χ3v) is 7.12. The van der Waals surface area contributed by atoms with Crippen molar-refractivity contribution in [2.24, 2.45) is 5.92 Å². The Morgan fingerprint density at radius 2 is 2.08 bits per heavy atom. The molecule has 26 heavy (non-hydrogen) atoms. The fraction of sp³-hybridized carbons (Fsp3) is 0.737. The Morgan fingerprint density at radius 1 is 1.35 bits per heavy atom. The van der Waals surface area contributed by atoms with Gasteiger partial charge in [0.1, 0.15) is 0 Å². The summed E-state index contributed by atoms with van der Waals surface area (Å²) in [6.07, 6.45) is 6.86. The molecule has 0 spiro atoms. The van der Waals surface area contributed by atoms with Crippen molar-refractivity contribution < 1.29 is 4.79 Å². The molecule has 3 aliphatic rings. The van der Waals surface area contributed by atoms with Crippen LogP contribution in [0.5, 0.6) is 0 Å². The zero-order valence-corrected chi connectivity index (χ0v) is 17.9. The van der Waals surface area contributed by atoms with Gasteiger partial charge >= 0.3 is 0 Å². The summed E-state index contributed by atoms with van der Waals surface area (Å²) in [5.74, 6) is 0.837. The summed E-state index contributed by atoms with van der Waals surface area (Å²) in [5, 5.41) is 9.05. The van der Waals surface area contributed by atoms with Gasteiger partial charge in [-0.3, -0.25) is 9.69 Å². The number of halogens is 2. The predicted molar refractivity (Wildman–Crippen MR) is 113 cm³/mol. The Balaban J connectivity index is 0.00000121. The monoisotopic (exact) mass is 419 g/mol. The molecular weight excluding hydrogens is 389 g/mol. The van der Waals surface area contributed by atoms with Gasteiger partial charge < -0.3 is 10.6 Å². The van der Waals surface area contributed by atoms with Crippen molar-refractivity contribution in [3.05, 3.63) is 21.9 Å². The van der Waals surface area contributed by atoms with Gasteiger partial charge in [-0.05, 0) is 62.0 Å². The summed E-state index contributed by atoms with van der Waals surface area (Å²) in [6.45, 7) is 5.16. The normalized spacial score (nSPS) is 28.4. The minimum Gasteiger partial charge on any atom is -0.355 e. The minimum atomic E-state index is 0. The number of rotatable bonds is 5. The first kappa shape index (κ1) is 22.0. The highest BCUT2D eigenvalue weighted by Gasteiger charge is 2.34. The van der Waals surface area contributed by atoms with Crippen LogP contribution >= 0.6 is 36.2 Å². The van der Waals surface area contributed by atoms with Crippen LogP contribution in [-0.2, 0) is 17.8 Å². The molecule has 0 radical (unpaired) electrons. The highest BCUT2D eigenvalue weighted by Crippen LogP contribution is 2.32. The smallest absolute Gasteiger partial charge is 0.220 e. The topological polar surface area (TPSA) is 44.4 Å². The molecule has 3 unspecified atom stereocenters. The van der Waals surface area contributed by atoms with Crippen molar-refractivity contribution in [3.8, 4) is 0 Å². The SMILES string of the molecule is CC(CNC(=O)CC1CC2CCC(C1)N2)N1CCc2sccc2C1.Cl.Cl. The van der Waals surface area contributed by atoms with Crippen molar-refractivity contribution in [1.29, 1.82) is 0 Å². The summed E-state index contributed by atoms with van der Waals surface area (Å²) < 4.78 is 0. The fourth-order valence-electron chi connectivity index (χ4n) is 4.71. The molecule has 3 atom stereocenters. The van der Waals surface area contributed by atoms with Gasteiger partial charge in [0, 0.05) is 49.1 Å². The number of carbonyl (C=O) groups excluding carboxylic acids is 1. The molecule has 4 heterocycles. The number of hydrogen-bond acceptors (Lipinski definition) is 4. The summed E-state index contributed by atoms with van der Waals surface area (Å²) in [7, 11) is 0. The molecule has 0 aromatic carbocycles. The molecule has 1 aromatic rings. The fourth-order valence-corrected chi connectivity index (χ4v) is 5.60. The molecular formula is C19H31Cl2N3OS. The van der Waals surface area contributed by atoms with Crippen molar-refractivity contribution in [1.82, 2.24) is 15.5 Å². The lowest BCUT2D eigenvalue weighted by Crippen LogP contribution is -2.45. The molecule has 2 fully saturated rings. The van der Waals surface area contributed by atoms with Crippen molar-refractivity contribution >= 4 is 42.1 Å². The van der Waals surface area contributed by atoms with Gasteiger partial charge in [-0.1, -0.05) is 0 Å². The van der Waals surface area contributed by atoms with E-state index in [0.29, 0.717) is 24.0 Å². The largest absolute Gasteiger partial charge is 0.355 e. The van der Waals surface area contributed by atoms with Crippen LogP contribution in [0.1, 0.15) is 49.5 Å². The quantitative estimate of drug-likeness (QED) is 0.768. The van der Waals surface area contributed by atoms with E-state index in [-0.39, 0.29) is 30.7 Å². The first-order valence-corrected chi connectivity index (χ1v) is 10.4. The lowest BCUT2D eigenvalue weighted by Gasteiger charge is -2.33. The third-order valence-electron chi connectivity index (χ3n) is 6.10. The average Bonchev–Trinajstić information content (AvgIpc) is 3.18. The van der Waals surface area contributed by atoms with E-state index < -0.39 is 0 Å². The first-order chi connectivity index (χ1) is 11.7. The highest BCUT2D eigenvalue weighted by molar-refractivity contribution is 7.10. The average molecular weight is 420 g/mol. The van der Waals surface area contributed by atoms with E-state index in [1.54, 1.807) is 4.88 Å². The maximum atomic E-state index is 12.3. The highest BCUT2D eigenvalue weighted by atomic mass is 35.5. The Morgan fingerprint density at radius 3 is 2.81 bits per heavy atom. The van der Waals surface area contributed by atoms with E-state index in [9.17, 15) is 4.79 Å². The van der Waals surface area contributed by atoms with E-state index in [0.717, 1.165) is 32.5 Å². The van der Waals surface area contributed by atoms with Gasteiger partial charge in [0.2, 0.25) is 5.91 Å². The molecule has 148 valence electrons. The lowest BCUT2D eigenvalue weighted by molar-refractivity contribution is -0.122. The van der Waals surface area contributed by atoms with Crippen LogP contribution in [0.4, 0.5) is 0 Å². The van der Waals surface area contributed by atoms with E-state index in [4.69, 9.17) is 0 Å². The molecule has 3 aliphatic heterocycles. The van der Waals surface area contributed by atoms with Crippen LogP contribution in [0.3, 0.4) is 0 Å². The minimum absolute atomic E-state index is 0. The molecule has 1 amide bonds. The van der Waals surface area contributed by atoms with E-state index >= 15 is 0 Å². The molecule has 0 aliphatic carbocycles. The van der Waals surface area contributed by atoms with Gasteiger partial charge in [0.05, 0.1) is 0 Å². The van der Waals surface area contributed by atoms with Gasteiger partial charge in [-0.15, -0.1) is 36.2 Å². The van der Waals surface area contributed by atoms with Gasteiger partial charge in [0.15, 0.2) is 0 Å². The van der Waals surface area contributed by atoms with Crippen molar-refractivity contribution in [3.63, 3.8) is 0 Å². The van der Waals surface area contributed by atoms with E-state index in [1.807, 2.05) is 11.3 Å². The van der Waals surface area contributed by atoms with Crippen LogP contribution in [0.2, 0.25) is 0 Å². The number of fused-ring (bicyclic) bond motifs is 3. The molecule has 1 aromatic heterocycles.